The number of benzene rings is 2. The van der Waals surface area contributed by atoms with E-state index in [1.54, 1.807) is 6.07 Å². The maximum atomic E-state index is 13.8. The molecule has 0 aliphatic heterocycles. The van der Waals surface area contributed by atoms with Crippen molar-refractivity contribution < 1.29 is 34.8 Å². The van der Waals surface area contributed by atoms with Gasteiger partial charge in [0.25, 0.3) is 5.91 Å². The van der Waals surface area contributed by atoms with Crippen molar-refractivity contribution in [3.8, 4) is 16.9 Å². The van der Waals surface area contributed by atoms with Gasteiger partial charge in [-0.25, -0.2) is 0 Å². The molecule has 0 bridgehead atoms. The lowest BCUT2D eigenvalue weighted by atomic mass is 9.60. The van der Waals surface area contributed by atoms with E-state index in [2.05, 4.69) is 18.8 Å². The first-order valence-electron chi connectivity index (χ1n) is 13.4. The van der Waals surface area contributed by atoms with Crippen LogP contribution in [0, 0.1) is 11.8 Å². The molecule has 2 aromatic rings. The molecule has 40 heavy (non-hydrogen) atoms. The summed E-state index contributed by atoms with van der Waals surface area (Å²) in [6.07, 6.45) is 2.11. The van der Waals surface area contributed by atoms with Crippen LogP contribution in [0.2, 0.25) is 0 Å². The van der Waals surface area contributed by atoms with E-state index in [1.165, 1.54) is 6.07 Å². The second-order valence-corrected chi connectivity index (χ2v) is 10.7. The standard InChI is InChI=1S/C31H32N2O7/c1-3-4-10-33-15(2)16-6-5-7-17(11-16)20-8-9-22(34)25-21(20)13-18-12-19-14-23(35)26(30(32)39)29(38)31(19,40)28(37)24(18)27(25)36/h5-9,11,18-19,33-35,37,40H,2-4,10,12-14H2,1H3,(H2,32,39)/t18?,19-,31-/m0/s1. The van der Waals surface area contributed by atoms with E-state index in [4.69, 9.17) is 5.73 Å². The lowest BCUT2D eigenvalue weighted by Gasteiger charge is -2.45. The zero-order valence-corrected chi connectivity index (χ0v) is 22.2. The number of primary amides is 1. The molecule has 9 heteroatoms. The Hall–Kier alpha value is -4.37. The van der Waals surface area contributed by atoms with Gasteiger partial charge in [-0.15, -0.1) is 0 Å². The van der Waals surface area contributed by atoms with E-state index in [0.717, 1.165) is 41.8 Å². The van der Waals surface area contributed by atoms with Crippen LogP contribution in [0.5, 0.6) is 5.75 Å². The minimum Gasteiger partial charge on any atom is -0.511 e. The summed E-state index contributed by atoms with van der Waals surface area (Å²) in [7, 11) is 0. The summed E-state index contributed by atoms with van der Waals surface area (Å²) in [6.45, 7) is 7.04. The molecule has 0 heterocycles. The molecule has 0 saturated heterocycles. The van der Waals surface area contributed by atoms with E-state index in [0.29, 0.717) is 5.56 Å². The molecule has 1 amide bonds. The smallest absolute Gasteiger partial charge is 0.255 e. The Balaban J connectivity index is 1.58. The number of ketones is 2. The van der Waals surface area contributed by atoms with Crippen molar-refractivity contribution in [2.45, 2.75) is 44.6 Å². The number of carbonyl (C=O) groups excluding carboxylic acids is 3. The maximum absolute atomic E-state index is 13.8. The van der Waals surface area contributed by atoms with Gasteiger partial charge in [-0.3, -0.25) is 14.4 Å². The van der Waals surface area contributed by atoms with E-state index < -0.39 is 52.0 Å². The first-order valence-corrected chi connectivity index (χ1v) is 13.4. The molecular formula is C31H32N2O7. The van der Waals surface area contributed by atoms with E-state index in [-0.39, 0.29) is 36.1 Å². The summed E-state index contributed by atoms with van der Waals surface area (Å²) in [4.78, 5) is 38.7. The number of nitrogens with one attached hydrogen (secondary N) is 1. The number of amides is 1. The Labute approximate surface area is 231 Å². The Morgan fingerprint density at radius 2 is 1.90 bits per heavy atom. The van der Waals surface area contributed by atoms with Crippen LogP contribution in [0.4, 0.5) is 0 Å². The molecule has 3 aliphatic carbocycles. The van der Waals surface area contributed by atoms with Crippen LogP contribution < -0.4 is 11.1 Å². The predicted molar refractivity (Wildman–Crippen MR) is 148 cm³/mol. The summed E-state index contributed by atoms with van der Waals surface area (Å²) < 4.78 is 0. The number of allylic oxidation sites excluding steroid dienone is 2. The average molecular weight is 545 g/mol. The molecule has 0 aromatic heterocycles. The first-order chi connectivity index (χ1) is 19.0. The van der Waals surface area contributed by atoms with Gasteiger partial charge in [-0.1, -0.05) is 44.2 Å². The summed E-state index contributed by atoms with van der Waals surface area (Å²) in [6, 6.07) is 10.8. The highest BCUT2D eigenvalue weighted by atomic mass is 16.3. The lowest BCUT2D eigenvalue weighted by molar-refractivity contribution is -0.144. The Morgan fingerprint density at radius 3 is 2.60 bits per heavy atom. The number of unbranched alkanes of at least 4 members (excludes halogenated alkanes) is 1. The zero-order valence-electron chi connectivity index (χ0n) is 22.2. The minimum atomic E-state index is -2.58. The van der Waals surface area contributed by atoms with E-state index in [9.17, 15) is 34.8 Å². The number of Topliss-reactive ketones (excluding diaryl/α,β-unsaturated/α-hetero) is 2. The molecule has 3 atom stereocenters. The van der Waals surface area contributed by atoms with Crippen molar-refractivity contribution in [2.24, 2.45) is 17.6 Å². The van der Waals surface area contributed by atoms with Gasteiger partial charge in [-0.05, 0) is 59.6 Å². The normalized spacial score (nSPS) is 23.9. The molecule has 9 nitrogen and oxygen atoms in total. The first kappa shape index (κ1) is 27.2. The molecule has 0 saturated carbocycles. The second kappa shape index (κ2) is 9.98. The monoisotopic (exact) mass is 544 g/mol. The number of phenolic OH excluding ortho intramolecular Hbond substituents is 1. The maximum Gasteiger partial charge on any atom is 0.255 e. The van der Waals surface area contributed by atoms with Gasteiger partial charge in [0.1, 0.15) is 22.8 Å². The van der Waals surface area contributed by atoms with Crippen LogP contribution in [-0.2, 0) is 16.0 Å². The highest BCUT2D eigenvalue weighted by molar-refractivity contribution is 6.24. The molecule has 3 aliphatic rings. The van der Waals surface area contributed by atoms with Gasteiger partial charge in [0.2, 0.25) is 5.78 Å². The molecule has 0 spiro atoms. The van der Waals surface area contributed by atoms with Gasteiger partial charge in [-0.2, -0.15) is 0 Å². The van der Waals surface area contributed by atoms with Crippen molar-refractivity contribution in [2.75, 3.05) is 6.54 Å². The van der Waals surface area contributed by atoms with Gasteiger partial charge in [0.15, 0.2) is 11.4 Å². The topological polar surface area (TPSA) is 170 Å². The number of hydrogen-bond donors (Lipinski definition) is 6. The van der Waals surface area contributed by atoms with Crippen LogP contribution in [-0.4, -0.2) is 50.0 Å². The van der Waals surface area contributed by atoms with Crippen molar-refractivity contribution in [3.05, 3.63) is 82.3 Å². The molecule has 2 aromatic carbocycles. The van der Waals surface area contributed by atoms with Crippen LogP contribution in [0.25, 0.3) is 16.8 Å². The quantitative estimate of drug-likeness (QED) is 0.227. The fourth-order valence-corrected chi connectivity index (χ4v) is 6.28. The predicted octanol–water partition coefficient (Wildman–Crippen LogP) is 3.61. The third-order valence-electron chi connectivity index (χ3n) is 8.34. The number of aromatic hydroxyl groups is 1. The number of rotatable bonds is 7. The Bertz CT molecular complexity index is 1540. The Morgan fingerprint density at radius 1 is 1.15 bits per heavy atom. The summed E-state index contributed by atoms with van der Waals surface area (Å²) in [5.41, 5.74) is 5.45. The van der Waals surface area contributed by atoms with Crippen molar-refractivity contribution >= 4 is 23.2 Å². The second-order valence-electron chi connectivity index (χ2n) is 10.7. The number of phenols is 1. The van der Waals surface area contributed by atoms with Crippen molar-refractivity contribution in [1.82, 2.24) is 5.32 Å². The number of fused-ring (bicyclic) bond motifs is 3. The fraction of sp³-hybridized carbons (Fsp3) is 0.323. The van der Waals surface area contributed by atoms with Gasteiger partial charge in [0.05, 0.1) is 5.56 Å². The Kier molecular flexibility index (Phi) is 6.79. The number of carbonyl (C=O) groups is 3. The molecule has 208 valence electrons. The van der Waals surface area contributed by atoms with Crippen molar-refractivity contribution in [3.63, 3.8) is 0 Å². The third-order valence-corrected chi connectivity index (χ3v) is 8.34. The van der Waals surface area contributed by atoms with E-state index >= 15 is 0 Å². The molecule has 5 rings (SSSR count). The zero-order chi connectivity index (χ0) is 28.9. The largest absolute Gasteiger partial charge is 0.511 e. The van der Waals surface area contributed by atoms with Gasteiger partial charge >= 0.3 is 0 Å². The van der Waals surface area contributed by atoms with Gasteiger partial charge < -0.3 is 31.5 Å². The lowest BCUT2D eigenvalue weighted by Crippen LogP contribution is -2.57. The third kappa shape index (κ3) is 4.08. The highest BCUT2D eigenvalue weighted by Crippen LogP contribution is 2.52. The number of aliphatic hydroxyl groups is 3. The summed E-state index contributed by atoms with van der Waals surface area (Å²) >= 11 is 0. The van der Waals surface area contributed by atoms with Crippen LogP contribution >= 0.6 is 0 Å². The average Bonchev–Trinajstić information content (AvgIpc) is 2.90. The summed E-state index contributed by atoms with van der Waals surface area (Å²) in [5.74, 6) is -6.45. The SMILES string of the molecule is C=C(NCCCC)c1cccc(-c2ccc(O)c3c2CC2C[C@H]4CC(O)=C(C(N)=O)C(=O)[C@@]4(O)C(O)=C2C3=O)c1. The highest BCUT2D eigenvalue weighted by Gasteiger charge is 2.59. The molecule has 0 fully saturated rings. The number of nitrogens with two attached hydrogens (primary N) is 1. The fourth-order valence-electron chi connectivity index (χ4n) is 6.28. The minimum absolute atomic E-state index is 0.0144. The number of aliphatic hydroxyl groups excluding tert-OH is 2. The van der Waals surface area contributed by atoms with Gasteiger partial charge in [0, 0.05) is 30.2 Å². The molecule has 1 unspecified atom stereocenters. The molecule has 7 N–H and O–H groups in total. The van der Waals surface area contributed by atoms with Crippen LogP contribution in [0.1, 0.15) is 54.1 Å². The molecular weight excluding hydrogens is 512 g/mol. The molecule has 0 radical (unpaired) electrons. The van der Waals surface area contributed by atoms with Crippen LogP contribution in [0.3, 0.4) is 0 Å². The van der Waals surface area contributed by atoms with E-state index in [1.807, 2.05) is 24.3 Å². The summed E-state index contributed by atoms with van der Waals surface area (Å²) in [5, 5.41) is 47.0. The van der Waals surface area contributed by atoms with Crippen molar-refractivity contribution in [1.29, 1.82) is 0 Å². The number of hydrogen-bond acceptors (Lipinski definition) is 8. The van der Waals surface area contributed by atoms with Crippen LogP contribution in [0.15, 0.2) is 65.6 Å².